The van der Waals surface area contributed by atoms with Crippen molar-refractivity contribution < 1.29 is 19.0 Å². The van der Waals surface area contributed by atoms with Crippen molar-refractivity contribution in [2.45, 2.75) is 32.3 Å². The Morgan fingerprint density at radius 3 is 2.00 bits per heavy atom. The van der Waals surface area contributed by atoms with E-state index in [1.165, 1.54) is 12.1 Å². The molecule has 22 heavy (non-hydrogen) atoms. The van der Waals surface area contributed by atoms with Crippen LogP contribution >= 0.6 is 0 Å². The number of carboxylic acid groups (broad SMARTS) is 1. The summed E-state index contributed by atoms with van der Waals surface area (Å²) in [6, 6.07) is 13.1. The maximum atomic E-state index is 13.0. The second kappa shape index (κ2) is 7.07. The molecule has 0 unspecified atom stereocenters. The summed E-state index contributed by atoms with van der Waals surface area (Å²) in [6.07, 6.45) is -0.0855. The number of benzene rings is 2. The molecule has 0 aliphatic heterocycles. The van der Waals surface area contributed by atoms with Gasteiger partial charge in [0.15, 0.2) is 0 Å². The normalized spacial score (nSPS) is 12.2. The zero-order valence-electron chi connectivity index (χ0n) is 12.6. The molecule has 0 spiro atoms. The van der Waals surface area contributed by atoms with E-state index in [9.17, 15) is 14.3 Å². The summed E-state index contributed by atoms with van der Waals surface area (Å²) < 4.78 is 18.6. The predicted octanol–water partition coefficient (Wildman–Crippen LogP) is 2.88. The highest BCUT2D eigenvalue weighted by atomic mass is 19.1. The average Bonchev–Trinajstić information content (AvgIpc) is 2.46. The highest BCUT2D eigenvalue weighted by molar-refractivity contribution is 5.66. The Bertz CT molecular complexity index is 618. The second-order valence-electron chi connectivity index (χ2n) is 5.42. The summed E-state index contributed by atoms with van der Waals surface area (Å²) in [5.74, 6) is -1.14. The van der Waals surface area contributed by atoms with Gasteiger partial charge in [-0.1, -0.05) is 24.3 Å². The van der Waals surface area contributed by atoms with E-state index >= 15 is 0 Å². The van der Waals surface area contributed by atoms with Crippen LogP contribution in [0.5, 0.6) is 5.75 Å². The van der Waals surface area contributed by atoms with Crippen LogP contribution in [0.3, 0.4) is 0 Å². The van der Waals surface area contributed by atoms with E-state index in [1.54, 1.807) is 24.3 Å². The Labute approximate surface area is 129 Å². The van der Waals surface area contributed by atoms with Crippen LogP contribution in [0.4, 0.5) is 4.39 Å². The molecular weight excluding hydrogens is 283 g/mol. The average molecular weight is 301 g/mol. The van der Waals surface area contributed by atoms with Crippen molar-refractivity contribution in [2.24, 2.45) is 0 Å². The summed E-state index contributed by atoms with van der Waals surface area (Å²) in [5.41, 5.74) is 1.56. The molecule has 0 saturated heterocycles. The summed E-state index contributed by atoms with van der Waals surface area (Å²) in [7, 11) is 0. The highest BCUT2D eigenvalue weighted by Gasteiger charge is 2.15. The number of hydrogen-bond acceptors (Lipinski definition) is 3. The number of rotatable bonds is 6. The van der Waals surface area contributed by atoms with Gasteiger partial charge in [-0.15, -0.1) is 0 Å². The van der Waals surface area contributed by atoms with Gasteiger partial charge in [-0.25, -0.2) is 4.39 Å². The molecule has 0 aliphatic carbocycles. The first-order valence-corrected chi connectivity index (χ1v) is 7.17. The minimum atomic E-state index is -1.14. The quantitative estimate of drug-likeness (QED) is 0.824. The van der Waals surface area contributed by atoms with Gasteiger partial charge in [-0.05, 0) is 55.7 Å². The summed E-state index contributed by atoms with van der Waals surface area (Å²) in [5, 5.41) is 11.0. The molecule has 2 rings (SSSR count). The van der Waals surface area contributed by atoms with Crippen molar-refractivity contribution in [3.8, 4) is 5.75 Å². The van der Waals surface area contributed by atoms with Crippen molar-refractivity contribution in [1.82, 2.24) is 0 Å². The van der Waals surface area contributed by atoms with E-state index in [0.717, 1.165) is 16.9 Å². The van der Waals surface area contributed by atoms with Crippen molar-refractivity contribution in [3.63, 3.8) is 0 Å². The Kier molecular flexibility index (Phi) is 5.15. The molecule has 0 heterocycles. The molecule has 0 fully saturated rings. The van der Waals surface area contributed by atoms with Crippen molar-refractivity contribution in [2.75, 3.05) is 0 Å². The van der Waals surface area contributed by atoms with E-state index in [1.807, 2.05) is 26.0 Å². The van der Waals surface area contributed by atoms with E-state index in [-0.39, 0.29) is 24.3 Å². The van der Waals surface area contributed by atoms with Gasteiger partial charge in [-0.3, -0.25) is 0 Å². The maximum absolute atomic E-state index is 13.0. The van der Waals surface area contributed by atoms with Crippen LogP contribution in [-0.4, -0.2) is 12.1 Å². The lowest BCUT2D eigenvalue weighted by Gasteiger charge is -2.19. The lowest BCUT2D eigenvalue weighted by molar-refractivity contribution is -0.305. The fraction of sp³-hybridized carbons (Fsp3) is 0.278. The van der Waals surface area contributed by atoms with Crippen LogP contribution in [0.15, 0.2) is 48.5 Å². The SMILES string of the molecule is CC(C)Oc1ccc([C@H](CC(=O)[O-])c2ccc(F)cc2)cc1. The minimum absolute atomic E-state index is 0.0713. The Morgan fingerprint density at radius 2 is 1.55 bits per heavy atom. The standard InChI is InChI=1S/C18H19FO3/c1-12(2)22-16-9-5-14(6-10-16)17(11-18(20)21)13-3-7-15(19)8-4-13/h3-10,12,17H,11H2,1-2H3,(H,20,21)/p-1/t17-/m1/s1. The van der Waals surface area contributed by atoms with Crippen molar-refractivity contribution in [1.29, 1.82) is 0 Å². The summed E-state index contributed by atoms with van der Waals surface area (Å²) >= 11 is 0. The smallest absolute Gasteiger partial charge is 0.123 e. The summed E-state index contributed by atoms with van der Waals surface area (Å²) in [4.78, 5) is 11.0. The number of ether oxygens (including phenoxy) is 1. The van der Waals surface area contributed by atoms with Crippen molar-refractivity contribution >= 4 is 5.97 Å². The van der Waals surface area contributed by atoms with E-state index in [0.29, 0.717) is 0 Å². The van der Waals surface area contributed by atoms with Gasteiger partial charge in [0.1, 0.15) is 11.6 Å². The van der Waals surface area contributed by atoms with Gasteiger partial charge in [0.2, 0.25) is 0 Å². The third-order valence-electron chi connectivity index (χ3n) is 3.30. The third-order valence-corrected chi connectivity index (χ3v) is 3.30. The molecule has 116 valence electrons. The van der Waals surface area contributed by atoms with Crippen LogP contribution in [0, 0.1) is 5.82 Å². The molecule has 4 heteroatoms. The van der Waals surface area contributed by atoms with E-state index in [2.05, 4.69) is 0 Å². The number of carbonyl (C=O) groups excluding carboxylic acids is 1. The molecule has 2 aromatic rings. The fourth-order valence-corrected chi connectivity index (χ4v) is 2.34. The number of halogens is 1. The lowest BCUT2D eigenvalue weighted by Crippen LogP contribution is -2.25. The first kappa shape index (κ1) is 16.0. The van der Waals surface area contributed by atoms with E-state index in [4.69, 9.17) is 4.74 Å². The first-order chi connectivity index (χ1) is 10.5. The first-order valence-electron chi connectivity index (χ1n) is 7.17. The number of carbonyl (C=O) groups is 1. The van der Waals surface area contributed by atoms with Crippen LogP contribution in [0.1, 0.15) is 37.3 Å². The molecule has 1 atom stereocenters. The van der Waals surface area contributed by atoms with Crippen LogP contribution in [0.25, 0.3) is 0 Å². The van der Waals surface area contributed by atoms with Gasteiger partial charge in [0, 0.05) is 11.9 Å². The zero-order valence-corrected chi connectivity index (χ0v) is 12.6. The largest absolute Gasteiger partial charge is 0.550 e. The number of aliphatic carboxylic acids is 1. The third kappa shape index (κ3) is 4.32. The molecular formula is C18H18FO3-. The Hall–Kier alpha value is -2.36. The van der Waals surface area contributed by atoms with E-state index < -0.39 is 5.97 Å². The zero-order chi connectivity index (χ0) is 16.1. The highest BCUT2D eigenvalue weighted by Crippen LogP contribution is 2.29. The molecule has 3 nitrogen and oxygen atoms in total. The molecule has 2 aromatic carbocycles. The molecule has 0 radical (unpaired) electrons. The second-order valence-corrected chi connectivity index (χ2v) is 5.42. The van der Waals surface area contributed by atoms with Gasteiger partial charge in [-0.2, -0.15) is 0 Å². The van der Waals surface area contributed by atoms with Gasteiger partial charge in [0.05, 0.1) is 6.10 Å². The minimum Gasteiger partial charge on any atom is -0.550 e. The van der Waals surface area contributed by atoms with Gasteiger partial charge < -0.3 is 14.6 Å². The number of carboxylic acids is 1. The maximum Gasteiger partial charge on any atom is 0.123 e. The monoisotopic (exact) mass is 301 g/mol. The van der Waals surface area contributed by atoms with Crippen LogP contribution in [-0.2, 0) is 4.79 Å². The molecule has 0 saturated carbocycles. The molecule has 0 bridgehead atoms. The summed E-state index contributed by atoms with van der Waals surface area (Å²) in [6.45, 7) is 3.87. The van der Waals surface area contributed by atoms with Gasteiger partial charge >= 0.3 is 0 Å². The molecule has 0 amide bonds. The lowest BCUT2D eigenvalue weighted by atomic mass is 9.88. The topological polar surface area (TPSA) is 49.4 Å². The van der Waals surface area contributed by atoms with Gasteiger partial charge in [0.25, 0.3) is 0 Å². The molecule has 0 aliphatic rings. The predicted molar refractivity (Wildman–Crippen MR) is 80.1 cm³/mol. The molecule has 0 aromatic heterocycles. The Balaban J connectivity index is 2.28. The van der Waals surface area contributed by atoms with Crippen molar-refractivity contribution in [3.05, 3.63) is 65.5 Å². The number of hydrogen-bond donors (Lipinski definition) is 0. The van der Waals surface area contributed by atoms with Crippen LogP contribution in [0.2, 0.25) is 0 Å². The Morgan fingerprint density at radius 1 is 1.05 bits per heavy atom. The van der Waals surface area contributed by atoms with Crippen LogP contribution < -0.4 is 9.84 Å². The molecule has 0 N–H and O–H groups in total. The fourth-order valence-electron chi connectivity index (χ4n) is 2.34.